The van der Waals surface area contributed by atoms with Gasteiger partial charge in [0.1, 0.15) is 18.5 Å². The van der Waals surface area contributed by atoms with Crippen molar-refractivity contribution in [1.29, 1.82) is 5.26 Å². The number of hydrogen-bond acceptors (Lipinski definition) is 6. The van der Waals surface area contributed by atoms with Crippen LogP contribution in [-0.4, -0.2) is 60.6 Å². The molecule has 9 heteroatoms. The lowest BCUT2D eigenvalue weighted by Crippen LogP contribution is -2.54. The van der Waals surface area contributed by atoms with Gasteiger partial charge in [-0.1, -0.05) is 30.3 Å². The highest BCUT2D eigenvalue weighted by molar-refractivity contribution is 6.05. The molecular formula is C33H32N4O5. The molecule has 0 saturated carbocycles. The number of ether oxygens (including phenoxy) is 2. The van der Waals surface area contributed by atoms with Gasteiger partial charge in [0.2, 0.25) is 5.91 Å². The monoisotopic (exact) mass is 564 g/mol. The van der Waals surface area contributed by atoms with Crippen molar-refractivity contribution in [2.75, 3.05) is 19.0 Å². The van der Waals surface area contributed by atoms with E-state index < -0.39 is 0 Å². The van der Waals surface area contributed by atoms with Gasteiger partial charge in [-0.15, -0.1) is 0 Å². The molecule has 3 amide bonds. The number of carbonyl (C=O) groups is 3. The first-order chi connectivity index (χ1) is 20.4. The summed E-state index contributed by atoms with van der Waals surface area (Å²) in [6, 6.07) is 21.6. The molecule has 2 aliphatic heterocycles. The van der Waals surface area contributed by atoms with Crippen LogP contribution in [0.1, 0.15) is 56.7 Å². The van der Waals surface area contributed by atoms with E-state index in [0.29, 0.717) is 41.0 Å². The molecular weight excluding hydrogens is 532 g/mol. The second-order valence-electron chi connectivity index (χ2n) is 11.2. The molecule has 0 spiro atoms. The number of benzene rings is 3. The highest BCUT2D eigenvalue weighted by Crippen LogP contribution is 2.33. The average Bonchev–Trinajstić information content (AvgIpc) is 3.41. The zero-order valence-electron chi connectivity index (χ0n) is 23.3. The Morgan fingerprint density at radius 1 is 1.02 bits per heavy atom. The Hall–Kier alpha value is -4.68. The predicted molar refractivity (Wildman–Crippen MR) is 155 cm³/mol. The van der Waals surface area contributed by atoms with Crippen LogP contribution in [-0.2, 0) is 22.4 Å². The second kappa shape index (κ2) is 11.7. The largest absolute Gasteiger partial charge is 0.490 e. The van der Waals surface area contributed by atoms with Crippen LogP contribution < -0.4 is 15.4 Å². The lowest BCUT2D eigenvalue weighted by atomic mass is 9.94. The standard InChI is InChI=1S/C33H32N4O5/c1-37-28-11-10-26(17-31(38)35-25-14-21-6-2-3-7-22(21)15-25)42-30(28)19-41-29-12-9-24(16-27(29)33(37)40)36-32(39)23-8-4-5-20(13-23)18-34/h2-9,12-13,16,25-26,28,30H,10-11,14-15,17,19H2,1H3,(H,35,38)(H,36,39)/t26-,28-,30-/m0/s1. The maximum Gasteiger partial charge on any atom is 0.257 e. The van der Waals surface area contributed by atoms with Crippen LogP contribution in [0, 0.1) is 11.3 Å². The number of hydrogen-bond donors (Lipinski definition) is 2. The van der Waals surface area contributed by atoms with Gasteiger partial charge >= 0.3 is 0 Å². The summed E-state index contributed by atoms with van der Waals surface area (Å²) in [5.74, 6) is -0.235. The maximum absolute atomic E-state index is 13.6. The third-order valence-corrected chi connectivity index (χ3v) is 8.35. The molecule has 1 fully saturated rings. The molecule has 1 aliphatic carbocycles. The minimum absolute atomic E-state index is 0.0216. The highest BCUT2D eigenvalue weighted by Gasteiger charge is 2.39. The molecule has 0 radical (unpaired) electrons. The summed E-state index contributed by atoms with van der Waals surface area (Å²) in [5.41, 5.74) is 4.11. The Kier molecular flexibility index (Phi) is 7.64. The minimum atomic E-state index is -0.382. The normalized spacial score (nSPS) is 21.5. The Morgan fingerprint density at radius 3 is 2.57 bits per heavy atom. The number of nitrogens with one attached hydrogen (secondary N) is 2. The van der Waals surface area contributed by atoms with Crippen molar-refractivity contribution in [2.45, 2.75) is 56.4 Å². The van der Waals surface area contributed by atoms with Gasteiger partial charge in [-0.3, -0.25) is 14.4 Å². The summed E-state index contributed by atoms with van der Waals surface area (Å²) >= 11 is 0. The van der Waals surface area contributed by atoms with Gasteiger partial charge in [0.05, 0.1) is 35.8 Å². The van der Waals surface area contributed by atoms with Crippen molar-refractivity contribution in [2.24, 2.45) is 0 Å². The molecule has 3 aromatic rings. The van der Waals surface area contributed by atoms with E-state index in [4.69, 9.17) is 14.7 Å². The predicted octanol–water partition coefficient (Wildman–Crippen LogP) is 3.86. The van der Waals surface area contributed by atoms with Crippen molar-refractivity contribution in [3.8, 4) is 11.8 Å². The molecule has 3 aromatic carbocycles. The van der Waals surface area contributed by atoms with Crippen LogP contribution in [0.5, 0.6) is 5.75 Å². The van der Waals surface area contributed by atoms with Crippen LogP contribution in [0.25, 0.3) is 0 Å². The number of anilines is 1. The molecule has 2 N–H and O–H groups in total. The minimum Gasteiger partial charge on any atom is -0.490 e. The summed E-state index contributed by atoms with van der Waals surface area (Å²) in [6.07, 6.45) is 2.67. The summed E-state index contributed by atoms with van der Waals surface area (Å²) < 4.78 is 12.4. The number of rotatable bonds is 5. The summed E-state index contributed by atoms with van der Waals surface area (Å²) in [7, 11) is 1.75. The first-order valence-corrected chi connectivity index (χ1v) is 14.2. The van der Waals surface area contributed by atoms with Crippen LogP contribution >= 0.6 is 0 Å². The third-order valence-electron chi connectivity index (χ3n) is 8.35. The van der Waals surface area contributed by atoms with E-state index in [1.807, 2.05) is 18.2 Å². The molecule has 9 nitrogen and oxygen atoms in total. The Bertz CT molecular complexity index is 1560. The van der Waals surface area contributed by atoms with Gasteiger partial charge in [0.25, 0.3) is 11.8 Å². The lowest BCUT2D eigenvalue weighted by Gasteiger charge is -2.42. The molecule has 0 bridgehead atoms. The lowest BCUT2D eigenvalue weighted by molar-refractivity contribution is -0.134. The number of likely N-dealkylation sites (N-methyl/N-ethyl adjacent to an activating group) is 1. The second-order valence-corrected chi connectivity index (χ2v) is 11.2. The van der Waals surface area contributed by atoms with Crippen LogP contribution in [0.2, 0.25) is 0 Å². The van der Waals surface area contributed by atoms with E-state index in [1.165, 1.54) is 17.2 Å². The van der Waals surface area contributed by atoms with Crippen molar-refractivity contribution in [3.05, 3.63) is 94.5 Å². The zero-order chi connectivity index (χ0) is 29.2. The van der Waals surface area contributed by atoms with E-state index in [2.05, 4.69) is 22.8 Å². The van der Waals surface area contributed by atoms with Gasteiger partial charge < -0.3 is 25.0 Å². The van der Waals surface area contributed by atoms with Crippen molar-refractivity contribution in [1.82, 2.24) is 10.2 Å². The summed E-state index contributed by atoms with van der Waals surface area (Å²) in [5, 5.41) is 15.1. The average molecular weight is 565 g/mol. The number of nitriles is 1. The van der Waals surface area contributed by atoms with Gasteiger partial charge in [-0.2, -0.15) is 5.26 Å². The molecule has 214 valence electrons. The number of amides is 3. The quantitative estimate of drug-likeness (QED) is 0.486. The van der Waals surface area contributed by atoms with E-state index in [1.54, 1.807) is 48.3 Å². The number of carbonyl (C=O) groups excluding carboxylic acids is 3. The Balaban J connectivity index is 1.08. The molecule has 1 saturated heterocycles. The molecule has 0 unspecified atom stereocenters. The summed E-state index contributed by atoms with van der Waals surface area (Å²) in [4.78, 5) is 40.9. The highest BCUT2D eigenvalue weighted by atomic mass is 16.5. The van der Waals surface area contributed by atoms with Gasteiger partial charge in [0.15, 0.2) is 0 Å². The fourth-order valence-corrected chi connectivity index (χ4v) is 6.19. The van der Waals surface area contributed by atoms with E-state index in [0.717, 1.165) is 12.8 Å². The topological polar surface area (TPSA) is 121 Å². The van der Waals surface area contributed by atoms with Crippen LogP contribution in [0.3, 0.4) is 0 Å². The van der Waals surface area contributed by atoms with Crippen LogP contribution in [0.4, 0.5) is 5.69 Å². The van der Waals surface area contributed by atoms with Gasteiger partial charge in [0, 0.05) is 24.3 Å². The smallest absolute Gasteiger partial charge is 0.257 e. The molecule has 2 heterocycles. The first-order valence-electron chi connectivity index (χ1n) is 14.2. The molecule has 42 heavy (non-hydrogen) atoms. The SMILES string of the molecule is CN1C(=O)c2cc(NC(=O)c3cccc(C#N)c3)ccc2OC[C@@H]2O[C@H](CC(=O)NC3Cc4ccccc4C3)CC[C@@H]21. The Labute approximate surface area is 244 Å². The summed E-state index contributed by atoms with van der Waals surface area (Å²) in [6.45, 7) is 0.234. The van der Waals surface area contributed by atoms with E-state index in [9.17, 15) is 14.4 Å². The van der Waals surface area contributed by atoms with Gasteiger partial charge in [-0.25, -0.2) is 0 Å². The van der Waals surface area contributed by atoms with Crippen molar-refractivity contribution in [3.63, 3.8) is 0 Å². The first kappa shape index (κ1) is 27.5. The van der Waals surface area contributed by atoms with Crippen molar-refractivity contribution < 1.29 is 23.9 Å². The Morgan fingerprint density at radius 2 is 1.81 bits per heavy atom. The van der Waals surface area contributed by atoms with E-state index in [-0.39, 0.29) is 55.0 Å². The van der Waals surface area contributed by atoms with Crippen molar-refractivity contribution >= 4 is 23.4 Å². The molecule has 3 aliphatic rings. The number of fused-ring (bicyclic) bond motifs is 3. The van der Waals surface area contributed by atoms with Crippen LogP contribution in [0.15, 0.2) is 66.7 Å². The van der Waals surface area contributed by atoms with Gasteiger partial charge in [-0.05, 0) is 73.2 Å². The number of nitrogens with zero attached hydrogens (tertiary/aromatic N) is 2. The molecule has 3 atom stereocenters. The van der Waals surface area contributed by atoms with E-state index >= 15 is 0 Å². The maximum atomic E-state index is 13.6. The third kappa shape index (κ3) is 5.71. The molecule has 6 rings (SSSR count). The zero-order valence-corrected chi connectivity index (χ0v) is 23.3. The fourth-order valence-electron chi connectivity index (χ4n) is 6.19. The fraction of sp³-hybridized carbons (Fsp3) is 0.333. The molecule has 0 aromatic heterocycles.